The number of hydrogen-bond donors (Lipinski definition) is 1. The largest absolute Gasteiger partial charge is 0.487 e. The van der Waals surface area contributed by atoms with Crippen LogP contribution in [0.5, 0.6) is 5.75 Å². The Morgan fingerprint density at radius 2 is 2.35 bits per heavy atom. The van der Waals surface area contributed by atoms with Crippen LogP contribution < -0.4 is 10.1 Å². The van der Waals surface area contributed by atoms with Gasteiger partial charge in [0, 0.05) is 37.1 Å². The van der Waals surface area contributed by atoms with Gasteiger partial charge in [-0.2, -0.15) is 0 Å². The third-order valence-corrected chi connectivity index (χ3v) is 4.50. The van der Waals surface area contributed by atoms with E-state index < -0.39 is 0 Å². The standard InChI is InChI=1S/C17H23N3O2S/c1-20-6-7-21-16(10-20)9-18-8-14-4-2-3-5-17(14)22-11-15-12-23-13-19-15/h2-5,12-13,16,18H,6-11H2,1H3. The van der Waals surface area contributed by atoms with Gasteiger partial charge in [-0.3, -0.25) is 0 Å². The summed E-state index contributed by atoms with van der Waals surface area (Å²) in [6.45, 7) is 4.95. The van der Waals surface area contributed by atoms with Crippen LogP contribution in [0.15, 0.2) is 35.2 Å². The molecule has 2 heterocycles. The zero-order valence-corrected chi connectivity index (χ0v) is 14.2. The van der Waals surface area contributed by atoms with Crippen molar-refractivity contribution in [1.29, 1.82) is 0 Å². The van der Waals surface area contributed by atoms with Crippen molar-refractivity contribution in [3.05, 3.63) is 46.4 Å². The van der Waals surface area contributed by atoms with Crippen molar-refractivity contribution in [1.82, 2.24) is 15.2 Å². The van der Waals surface area contributed by atoms with Crippen molar-refractivity contribution in [2.24, 2.45) is 0 Å². The Labute approximate surface area is 141 Å². The first-order chi connectivity index (χ1) is 11.3. The molecule has 1 unspecified atom stereocenters. The number of ether oxygens (including phenoxy) is 2. The number of rotatable bonds is 7. The van der Waals surface area contributed by atoms with Crippen LogP contribution in [0.2, 0.25) is 0 Å². The van der Waals surface area contributed by atoms with Crippen LogP contribution in [0.25, 0.3) is 0 Å². The van der Waals surface area contributed by atoms with E-state index in [1.54, 1.807) is 11.3 Å². The van der Waals surface area contributed by atoms with E-state index in [4.69, 9.17) is 9.47 Å². The third-order valence-electron chi connectivity index (χ3n) is 3.86. The average Bonchev–Trinajstić information content (AvgIpc) is 3.07. The molecule has 5 nitrogen and oxygen atoms in total. The summed E-state index contributed by atoms with van der Waals surface area (Å²) >= 11 is 1.59. The summed E-state index contributed by atoms with van der Waals surface area (Å²) in [6, 6.07) is 8.14. The molecule has 0 spiro atoms. The number of likely N-dealkylation sites (N-methyl/N-ethyl adjacent to an activating group) is 1. The predicted molar refractivity (Wildman–Crippen MR) is 91.8 cm³/mol. The van der Waals surface area contributed by atoms with Crippen molar-refractivity contribution in [3.8, 4) is 5.75 Å². The van der Waals surface area contributed by atoms with Gasteiger partial charge >= 0.3 is 0 Å². The Balaban J connectivity index is 1.49. The highest BCUT2D eigenvalue weighted by molar-refractivity contribution is 7.07. The van der Waals surface area contributed by atoms with Crippen LogP contribution in [0, 0.1) is 0 Å². The first-order valence-electron chi connectivity index (χ1n) is 7.90. The summed E-state index contributed by atoms with van der Waals surface area (Å²) in [5.74, 6) is 0.912. The SMILES string of the molecule is CN1CCOC(CNCc2ccccc2OCc2cscn2)C1. The maximum absolute atomic E-state index is 5.91. The number of thiazole rings is 1. The Kier molecular flexibility index (Phi) is 5.99. The van der Waals surface area contributed by atoms with E-state index in [1.165, 1.54) is 0 Å². The second-order valence-electron chi connectivity index (χ2n) is 5.76. The number of para-hydroxylation sites is 1. The molecular weight excluding hydrogens is 310 g/mol. The first kappa shape index (κ1) is 16.4. The van der Waals surface area contributed by atoms with Gasteiger partial charge in [0.15, 0.2) is 0 Å². The number of nitrogens with one attached hydrogen (secondary N) is 1. The van der Waals surface area contributed by atoms with Gasteiger partial charge in [-0.05, 0) is 13.1 Å². The number of hydrogen-bond acceptors (Lipinski definition) is 6. The van der Waals surface area contributed by atoms with Crippen molar-refractivity contribution in [2.75, 3.05) is 33.3 Å². The summed E-state index contributed by atoms with van der Waals surface area (Å²) < 4.78 is 11.7. The molecule has 1 saturated heterocycles. The molecule has 124 valence electrons. The smallest absolute Gasteiger partial charge is 0.131 e. The van der Waals surface area contributed by atoms with E-state index in [2.05, 4.69) is 28.3 Å². The van der Waals surface area contributed by atoms with Gasteiger partial charge in [0.05, 0.1) is 23.9 Å². The topological polar surface area (TPSA) is 46.6 Å². The maximum Gasteiger partial charge on any atom is 0.131 e. The van der Waals surface area contributed by atoms with Crippen molar-refractivity contribution in [2.45, 2.75) is 19.3 Å². The Hall–Kier alpha value is -1.47. The molecule has 1 aliphatic rings. The first-order valence-corrected chi connectivity index (χ1v) is 8.84. The van der Waals surface area contributed by atoms with E-state index in [9.17, 15) is 0 Å². The van der Waals surface area contributed by atoms with Crippen molar-refractivity contribution in [3.63, 3.8) is 0 Å². The summed E-state index contributed by atoms with van der Waals surface area (Å²) in [6.07, 6.45) is 0.261. The minimum absolute atomic E-state index is 0.261. The Morgan fingerprint density at radius 3 is 3.17 bits per heavy atom. The fourth-order valence-electron chi connectivity index (χ4n) is 2.61. The molecule has 6 heteroatoms. The molecule has 1 N–H and O–H groups in total. The fourth-order valence-corrected chi connectivity index (χ4v) is 3.15. The second-order valence-corrected chi connectivity index (χ2v) is 6.48. The quantitative estimate of drug-likeness (QED) is 0.841. The zero-order valence-electron chi connectivity index (χ0n) is 13.4. The highest BCUT2D eigenvalue weighted by Gasteiger charge is 2.17. The molecule has 1 fully saturated rings. The minimum atomic E-state index is 0.261. The molecular formula is C17H23N3O2S. The van der Waals surface area contributed by atoms with Gasteiger partial charge in [0.25, 0.3) is 0 Å². The summed E-state index contributed by atoms with van der Waals surface area (Å²) in [4.78, 5) is 6.55. The molecule has 1 aromatic carbocycles. The van der Waals surface area contributed by atoms with Crippen LogP contribution in [-0.2, 0) is 17.9 Å². The van der Waals surface area contributed by atoms with E-state index in [0.717, 1.165) is 49.8 Å². The maximum atomic E-state index is 5.91. The lowest BCUT2D eigenvalue weighted by atomic mass is 10.2. The van der Waals surface area contributed by atoms with Gasteiger partial charge in [0.2, 0.25) is 0 Å². The zero-order chi connectivity index (χ0) is 15.9. The van der Waals surface area contributed by atoms with Crippen LogP contribution in [0.1, 0.15) is 11.3 Å². The van der Waals surface area contributed by atoms with E-state index >= 15 is 0 Å². The molecule has 0 amide bonds. The molecule has 0 saturated carbocycles. The third kappa shape index (κ3) is 5.00. The van der Waals surface area contributed by atoms with Gasteiger partial charge in [-0.1, -0.05) is 18.2 Å². The number of nitrogens with zero attached hydrogens (tertiary/aromatic N) is 2. The lowest BCUT2D eigenvalue weighted by Crippen LogP contribution is -2.44. The van der Waals surface area contributed by atoms with E-state index in [0.29, 0.717) is 6.61 Å². The van der Waals surface area contributed by atoms with Gasteiger partial charge in [0.1, 0.15) is 12.4 Å². The average molecular weight is 333 g/mol. The molecule has 0 bridgehead atoms. The predicted octanol–water partition coefficient (Wildman–Crippen LogP) is 2.14. The molecule has 0 radical (unpaired) electrons. The van der Waals surface area contributed by atoms with Gasteiger partial charge in [-0.15, -0.1) is 11.3 Å². The van der Waals surface area contributed by atoms with Gasteiger partial charge in [-0.25, -0.2) is 4.98 Å². The summed E-state index contributed by atoms with van der Waals surface area (Å²) in [5, 5.41) is 5.49. The molecule has 1 aromatic heterocycles. The van der Waals surface area contributed by atoms with Gasteiger partial charge < -0.3 is 19.7 Å². The Bertz CT molecular complexity index is 591. The van der Waals surface area contributed by atoms with Crippen LogP contribution in [0.4, 0.5) is 0 Å². The van der Waals surface area contributed by atoms with Crippen LogP contribution >= 0.6 is 11.3 Å². The lowest BCUT2D eigenvalue weighted by Gasteiger charge is -2.30. The number of benzene rings is 1. The van der Waals surface area contributed by atoms with Crippen molar-refractivity contribution >= 4 is 11.3 Å². The minimum Gasteiger partial charge on any atom is -0.487 e. The second kappa shape index (κ2) is 8.40. The van der Waals surface area contributed by atoms with E-state index in [1.807, 2.05) is 29.1 Å². The van der Waals surface area contributed by atoms with Crippen LogP contribution in [-0.4, -0.2) is 49.3 Å². The Morgan fingerprint density at radius 1 is 1.43 bits per heavy atom. The van der Waals surface area contributed by atoms with Crippen molar-refractivity contribution < 1.29 is 9.47 Å². The molecule has 1 aliphatic heterocycles. The normalized spacial score (nSPS) is 18.9. The highest BCUT2D eigenvalue weighted by atomic mass is 32.1. The fraction of sp³-hybridized carbons (Fsp3) is 0.471. The highest BCUT2D eigenvalue weighted by Crippen LogP contribution is 2.19. The molecule has 23 heavy (non-hydrogen) atoms. The van der Waals surface area contributed by atoms with Crippen LogP contribution in [0.3, 0.4) is 0 Å². The molecule has 2 aromatic rings. The summed E-state index contributed by atoms with van der Waals surface area (Å²) in [5.41, 5.74) is 3.95. The number of aromatic nitrogens is 1. The molecule has 3 rings (SSSR count). The lowest BCUT2D eigenvalue weighted by molar-refractivity contribution is -0.0182. The number of morpholine rings is 1. The molecule has 0 aliphatic carbocycles. The molecule has 1 atom stereocenters. The monoisotopic (exact) mass is 333 g/mol. The summed E-state index contributed by atoms with van der Waals surface area (Å²) in [7, 11) is 2.14. The van der Waals surface area contributed by atoms with E-state index in [-0.39, 0.29) is 6.10 Å².